The van der Waals surface area contributed by atoms with Crippen LogP contribution in [-0.4, -0.2) is 27.2 Å². The summed E-state index contributed by atoms with van der Waals surface area (Å²) in [6.07, 6.45) is 0.585. The minimum absolute atomic E-state index is 0.165. The van der Waals surface area contributed by atoms with Crippen molar-refractivity contribution in [3.63, 3.8) is 0 Å². The fraction of sp³-hybridized carbons (Fsp3) is 0.300. The van der Waals surface area contributed by atoms with Crippen LogP contribution >= 0.6 is 0 Å². The molecule has 0 spiro atoms. The molecule has 0 aromatic heterocycles. The molecule has 0 aliphatic heterocycles. The topological polar surface area (TPSA) is 80.6 Å². The molecule has 27 heavy (non-hydrogen) atoms. The van der Waals surface area contributed by atoms with Crippen LogP contribution in [0.3, 0.4) is 0 Å². The van der Waals surface area contributed by atoms with Crippen LogP contribution in [0.15, 0.2) is 36.4 Å². The zero-order valence-corrected chi connectivity index (χ0v) is 15.4. The van der Waals surface area contributed by atoms with Crippen molar-refractivity contribution < 1.29 is 23.4 Å². The lowest BCUT2D eigenvalue weighted by Crippen LogP contribution is -2.27. The maximum Gasteiger partial charge on any atom is 0.221 e. The van der Waals surface area contributed by atoms with Crippen LogP contribution in [0, 0.1) is 17.1 Å². The number of benzene rings is 2. The van der Waals surface area contributed by atoms with E-state index in [-0.39, 0.29) is 12.3 Å². The highest BCUT2D eigenvalue weighted by molar-refractivity contribution is 5.77. The molecule has 1 N–H and O–H groups in total. The van der Waals surface area contributed by atoms with E-state index < -0.39 is 11.9 Å². The zero-order chi connectivity index (χ0) is 19.8. The number of halogens is 1. The number of methoxy groups -OCH3 is 3. The Labute approximate surface area is 157 Å². The molecule has 1 atom stereocenters. The first-order chi connectivity index (χ1) is 13.0. The minimum atomic E-state index is -0.835. The van der Waals surface area contributed by atoms with E-state index in [2.05, 4.69) is 5.32 Å². The van der Waals surface area contributed by atoms with Crippen molar-refractivity contribution in [3.05, 3.63) is 53.3 Å². The highest BCUT2D eigenvalue weighted by Gasteiger charge is 2.16. The Kier molecular flexibility index (Phi) is 7.00. The number of ether oxygens (including phenoxy) is 3. The molecule has 0 aliphatic carbocycles. The highest BCUT2D eigenvalue weighted by Crippen LogP contribution is 2.38. The number of hydrogen-bond acceptors (Lipinski definition) is 5. The molecule has 0 unspecified atom stereocenters. The Morgan fingerprint density at radius 3 is 2.19 bits per heavy atom. The SMILES string of the molecule is COc1cc(CCC(=O)N[C@H](C#N)c2ccc(F)cc2)cc(OC)c1OC. The van der Waals surface area contributed by atoms with Crippen molar-refractivity contribution in [2.45, 2.75) is 18.9 Å². The molecular formula is C20H21FN2O4. The predicted octanol–water partition coefficient (Wildman–Crippen LogP) is 3.17. The minimum Gasteiger partial charge on any atom is -0.493 e. The van der Waals surface area contributed by atoms with Gasteiger partial charge in [0.1, 0.15) is 11.9 Å². The van der Waals surface area contributed by atoms with Crippen LogP contribution in [0.2, 0.25) is 0 Å². The molecule has 6 nitrogen and oxygen atoms in total. The fourth-order valence-corrected chi connectivity index (χ4v) is 2.62. The monoisotopic (exact) mass is 372 g/mol. The van der Waals surface area contributed by atoms with Crippen LogP contribution in [-0.2, 0) is 11.2 Å². The normalized spacial score (nSPS) is 11.2. The standard InChI is InChI=1S/C20H21FN2O4/c1-25-17-10-13(11-18(26-2)20(17)27-3)4-9-19(24)23-16(12-22)14-5-7-15(21)8-6-14/h5-8,10-11,16H,4,9H2,1-3H3,(H,23,24)/t16-/m1/s1. The van der Waals surface area contributed by atoms with Gasteiger partial charge in [-0.15, -0.1) is 0 Å². The van der Waals surface area contributed by atoms with Gasteiger partial charge in [-0.1, -0.05) is 12.1 Å². The fourth-order valence-electron chi connectivity index (χ4n) is 2.62. The van der Waals surface area contributed by atoms with Gasteiger partial charge in [0.15, 0.2) is 11.5 Å². The van der Waals surface area contributed by atoms with Crippen LogP contribution in [0.25, 0.3) is 0 Å². The predicted molar refractivity (Wildman–Crippen MR) is 97.3 cm³/mol. The van der Waals surface area contributed by atoms with Crippen LogP contribution < -0.4 is 19.5 Å². The molecule has 2 aromatic rings. The molecule has 142 valence electrons. The Hall–Kier alpha value is -3.27. The molecule has 7 heteroatoms. The second kappa shape index (κ2) is 9.43. The van der Waals surface area contributed by atoms with E-state index in [1.165, 1.54) is 45.6 Å². The Balaban J connectivity index is 2.04. The third-order valence-corrected chi connectivity index (χ3v) is 4.00. The van der Waals surface area contributed by atoms with Crippen LogP contribution in [0.1, 0.15) is 23.6 Å². The summed E-state index contributed by atoms with van der Waals surface area (Å²) < 4.78 is 28.9. The summed E-state index contributed by atoms with van der Waals surface area (Å²) >= 11 is 0. The van der Waals surface area contributed by atoms with Gasteiger partial charge in [-0.3, -0.25) is 4.79 Å². The van der Waals surface area contributed by atoms with Gasteiger partial charge >= 0.3 is 0 Å². The molecule has 0 aliphatic rings. The van der Waals surface area contributed by atoms with E-state index in [4.69, 9.17) is 14.2 Å². The molecule has 0 fully saturated rings. The summed E-state index contributed by atoms with van der Waals surface area (Å²) in [6.45, 7) is 0. The molecule has 0 heterocycles. The third-order valence-electron chi connectivity index (χ3n) is 4.00. The van der Waals surface area contributed by atoms with Gasteiger partial charge in [0, 0.05) is 6.42 Å². The third kappa shape index (κ3) is 5.11. The zero-order valence-electron chi connectivity index (χ0n) is 15.4. The first-order valence-corrected chi connectivity index (χ1v) is 8.25. The molecule has 2 aromatic carbocycles. The first kappa shape index (κ1) is 20.0. The summed E-state index contributed by atoms with van der Waals surface area (Å²) in [5.74, 6) is 0.805. The van der Waals surface area contributed by atoms with Crippen molar-refractivity contribution in [3.8, 4) is 23.3 Å². The van der Waals surface area contributed by atoms with E-state index in [0.29, 0.717) is 29.2 Å². The van der Waals surface area contributed by atoms with Gasteiger partial charge in [-0.05, 0) is 41.8 Å². The quantitative estimate of drug-likeness (QED) is 0.770. The van der Waals surface area contributed by atoms with E-state index >= 15 is 0 Å². The number of amides is 1. The summed E-state index contributed by atoms with van der Waals surface area (Å²) in [4.78, 5) is 12.2. The lowest BCUT2D eigenvalue weighted by molar-refractivity contribution is -0.121. The number of nitriles is 1. The number of aryl methyl sites for hydroxylation is 1. The maximum absolute atomic E-state index is 13.0. The van der Waals surface area contributed by atoms with Crippen molar-refractivity contribution in [1.29, 1.82) is 5.26 Å². The Bertz CT molecular complexity index is 806. The van der Waals surface area contributed by atoms with Crippen molar-refractivity contribution in [1.82, 2.24) is 5.32 Å². The van der Waals surface area contributed by atoms with E-state index in [1.54, 1.807) is 12.1 Å². The molecule has 0 radical (unpaired) electrons. The van der Waals surface area contributed by atoms with Gasteiger partial charge in [0.05, 0.1) is 27.4 Å². The summed E-state index contributed by atoms with van der Waals surface area (Å²) in [5.41, 5.74) is 1.36. The van der Waals surface area contributed by atoms with E-state index in [0.717, 1.165) is 5.56 Å². The summed E-state index contributed by atoms with van der Waals surface area (Å²) in [7, 11) is 4.56. The second-order valence-corrected chi connectivity index (χ2v) is 5.71. The van der Waals surface area contributed by atoms with Crippen LogP contribution in [0.5, 0.6) is 17.2 Å². The average molecular weight is 372 g/mol. The number of nitrogens with zero attached hydrogens (tertiary/aromatic N) is 1. The number of hydrogen-bond donors (Lipinski definition) is 1. The summed E-state index contributed by atoms with van der Waals surface area (Å²) in [5, 5.41) is 11.9. The molecule has 0 saturated carbocycles. The van der Waals surface area contributed by atoms with Crippen molar-refractivity contribution >= 4 is 5.91 Å². The largest absolute Gasteiger partial charge is 0.493 e. The van der Waals surface area contributed by atoms with Gasteiger partial charge in [0.25, 0.3) is 0 Å². The smallest absolute Gasteiger partial charge is 0.221 e. The number of carbonyl (C=O) groups is 1. The van der Waals surface area contributed by atoms with Gasteiger partial charge in [-0.25, -0.2) is 4.39 Å². The first-order valence-electron chi connectivity index (χ1n) is 8.25. The Morgan fingerprint density at radius 1 is 1.11 bits per heavy atom. The highest BCUT2D eigenvalue weighted by atomic mass is 19.1. The van der Waals surface area contributed by atoms with Gasteiger partial charge < -0.3 is 19.5 Å². The molecule has 0 bridgehead atoms. The summed E-state index contributed by atoms with van der Waals surface area (Å²) in [6, 6.07) is 10.2. The Morgan fingerprint density at radius 2 is 1.70 bits per heavy atom. The molecule has 0 saturated heterocycles. The number of carbonyl (C=O) groups excluding carboxylic acids is 1. The van der Waals surface area contributed by atoms with Crippen molar-refractivity contribution in [2.75, 3.05) is 21.3 Å². The average Bonchev–Trinajstić information content (AvgIpc) is 2.70. The van der Waals surface area contributed by atoms with Crippen LogP contribution in [0.4, 0.5) is 4.39 Å². The van der Waals surface area contributed by atoms with Gasteiger partial charge in [0.2, 0.25) is 11.7 Å². The molecule has 1 amide bonds. The number of rotatable bonds is 8. The second-order valence-electron chi connectivity index (χ2n) is 5.71. The lowest BCUT2D eigenvalue weighted by atomic mass is 10.1. The van der Waals surface area contributed by atoms with E-state index in [1.807, 2.05) is 6.07 Å². The molecule has 2 rings (SSSR count). The van der Waals surface area contributed by atoms with E-state index in [9.17, 15) is 14.4 Å². The lowest BCUT2D eigenvalue weighted by Gasteiger charge is -2.15. The van der Waals surface area contributed by atoms with Gasteiger partial charge in [-0.2, -0.15) is 5.26 Å². The maximum atomic E-state index is 13.0. The number of nitrogens with one attached hydrogen (secondary N) is 1. The van der Waals surface area contributed by atoms with Crippen molar-refractivity contribution in [2.24, 2.45) is 0 Å². The molecular weight excluding hydrogens is 351 g/mol.